The summed E-state index contributed by atoms with van der Waals surface area (Å²) in [6, 6.07) is 5.14. The van der Waals surface area contributed by atoms with Crippen LogP contribution >= 0.6 is 0 Å². The topological polar surface area (TPSA) is 55.6 Å². The molecule has 0 bridgehead atoms. The third-order valence-electron chi connectivity index (χ3n) is 3.91. The first kappa shape index (κ1) is 16.6. The highest BCUT2D eigenvalue weighted by atomic mass is 19.4. The van der Waals surface area contributed by atoms with E-state index in [-0.39, 0.29) is 30.1 Å². The molecule has 7 heteroatoms. The predicted octanol–water partition coefficient (Wildman–Crippen LogP) is 2.14. The lowest BCUT2D eigenvalue weighted by molar-refractivity contribution is -0.139. The molecule has 0 spiro atoms. The fourth-order valence-electron chi connectivity index (χ4n) is 2.73. The van der Waals surface area contributed by atoms with Gasteiger partial charge in [-0.2, -0.15) is 13.2 Å². The van der Waals surface area contributed by atoms with Gasteiger partial charge in [-0.25, -0.2) is 0 Å². The molecule has 2 rings (SSSR count). The molecule has 122 valence electrons. The Morgan fingerprint density at radius 1 is 1.36 bits per heavy atom. The Hall–Kier alpha value is -1.76. The molecule has 2 N–H and O–H groups in total. The summed E-state index contributed by atoms with van der Waals surface area (Å²) >= 11 is 0. The molecule has 1 aromatic carbocycles. The van der Waals surface area contributed by atoms with Gasteiger partial charge in [-0.1, -0.05) is 19.1 Å². The lowest BCUT2D eigenvalue weighted by Gasteiger charge is -2.17. The number of likely N-dealkylation sites (tertiary alicyclic amines) is 1. The minimum Gasteiger partial charge on any atom is -0.492 e. The fraction of sp³-hybridized carbons (Fsp3) is 0.533. The van der Waals surface area contributed by atoms with E-state index in [0.717, 1.165) is 6.07 Å². The smallest absolute Gasteiger partial charge is 0.419 e. The van der Waals surface area contributed by atoms with Crippen molar-refractivity contribution in [2.75, 3.05) is 26.2 Å². The van der Waals surface area contributed by atoms with Crippen LogP contribution in [0.2, 0.25) is 0 Å². The fourth-order valence-corrected chi connectivity index (χ4v) is 2.73. The second-order valence-electron chi connectivity index (χ2n) is 5.59. The summed E-state index contributed by atoms with van der Waals surface area (Å²) in [5, 5.41) is 0. The van der Waals surface area contributed by atoms with Gasteiger partial charge in [0.1, 0.15) is 12.4 Å². The van der Waals surface area contributed by atoms with Crippen molar-refractivity contribution < 1.29 is 22.7 Å². The molecular weight excluding hydrogens is 297 g/mol. The number of nitrogens with two attached hydrogens (primary N) is 1. The molecule has 1 fully saturated rings. The second-order valence-corrected chi connectivity index (χ2v) is 5.59. The summed E-state index contributed by atoms with van der Waals surface area (Å²) in [6.45, 7) is 3.75. The average molecular weight is 316 g/mol. The number of para-hydroxylation sites is 1. The molecule has 0 radical (unpaired) electrons. The standard InChI is InChI=1S/C15H19F3N2O2/c1-10-8-20(9-11(10)14(19)21)6-7-22-13-5-3-2-4-12(13)15(16,17)18/h2-5,10-11H,6-9H2,1H3,(H2,19,21)/t10-,11-/m1/s1. The number of halogens is 3. The van der Waals surface area contributed by atoms with E-state index in [2.05, 4.69) is 0 Å². The molecule has 1 aliphatic heterocycles. The second kappa shape index (κ2) is 6.56. The summed E-state index contributed by atoms with van der Waals surface area (Å²) in [5.41, 5.74) is 4.54. The normalized spacial score (nSPS) is 22.7. The number of rotatable bonds is 5. The first-order valence-corrected chi connectivity index (χ1v) is 7.09. The Balaban J connectivity index is 1.89. The van der Waals surface area contributed by atoms with Crippen LogP contribution in [-0.4, -0.2) is 37.0 Å². The third kappa shape index (κ3) is 3.91. The highest BCUT2D eigenvalue weighted by Gasteiger charge is 2.35. The van der Waals surface area contributed by atoms with Crippen LogP contribution in [0.1, 0.15) is 12.5 Å². The predicted molar refractivity (Wildman–Crippen MR) is 75.2 cm³/mol. The number of benzene rings is 1. The quantitative estimate of drug-likeness (QED) is 0.905. The molecule has 1 amide bonds. The molecule has 0 aliphatic carbocycles. The first-order valence-electron chi connectivity index (χ1n) is 7.09. The van der Waals surface area contributed by atoms with Crippen molar-refractivity contribution >= 4 is 5.91 Å². The lowest BCUT2D eigenvalue weighted by Crippen LogP contribution is -2.30. The molecule has 1 aromatic rings. The van der Waals surface area contributed by atoms with Crippen molar-refractivity contribution in [1.29, 1.82) is 0 Å². The SMILES string of the molecule is C[C@@H]1CN(CCOc2ccccc2C(F)(F)F)C[C@H]1C(N)=O. The molecule has 0 unspecified atom stereocenters. The van der Waals surface area contributed by atoms with Crippen molar-refractivity contribution in [2.24, 2.45) is 17.6 Å². The van der Waals surface area contributed by atoms with Gasteiger partial charge in [0.05, 0.1) is 11.5 Å². The monoisotopic (exact) mass is 316 g/mol. The van der Waals surface area contributed by atoms with E-state index < -0.39 is 11.7 Å². The van der Waals surface area contributed by atoms with E-state index in [9.17, 15) is 18.0 Å². The van der Waals surface area contributed by atoms with Gasteiger partial charge in [0.25, 0.3) is 0 Å². The maximum atomic E-state index is 12.8. The number of carbonyl (C=O) groups is 1. The molecule has 22 heavy (non-hydrogen) atoms. The highest BCUT2D eigenvalue weighted by molar-refractivity contribution is 5.77. The maximum Gasteiger partial charge on any atom is 0.419 e. The molecule has 2 atom stereocenters. The number of carbonyl (C=O) groups excluding carboxylic acids is 1. The highest BCUT2D eigenvalue weighted by Crippen LogP contribution is 2.35. The van der Waals surface area contributed by atoms with Crippen LogP contribution in [0.4, 0.5) is 13.2 Å². The van der Waals surface area contributed by atoms with Crippen LogP contribution in [0.15, 0.2) is 24.3 Å². The third-order valence-corrected chi connectivity index (χ3v) is 3.91. The number of nitrogens with zero attached hydrogens (tertiary/aromatic N) is 1. The van der Waals surface area contributed by atoms with E-state index >= 15 is 0 Å². The van der Waals surface area contributed by atoms with Crippen molar-refractivity contribution in [3.63, 3.8) is 0 Å². The van der Waals surface area contributed by atoms with Gasteiger partial charge in [-0.15, -0.1) is 0 Å². The van der Waals surface area contributed by atoms with Gasteiger partial charge in [0.15, 0.2) is 0 Å². The van der Waals surface area contributed by atoms with Gasteiger partial charge in [-0.3, -0.25) is 9.69 Å². The lowest BCUT2D eigenvalue weighted by atomic mass is 9.98. The summed E-state index contributed by atoms with van der Waals surface area (Å²) in [6.07, 6.45) is -4.43. The van der Waals surface area contributed by atoms with Crippen molar-refractivity contribution in [3.05, 3.63) is 29.8 Å². The van der Waals surface area contributed by atoms with Gasteiger partial charge in [0, 0.05) is 19.6 Å². The van der Waals surface area contributed by atoms with Crippen LogP contribution in [0.25, 0.3) is 0 Å². The van der Waals surface area contributed by atoms with Crippen LogP contribution < -0.4 is 10.5 Å². The van der Waals surface area contributed by atoms with Crippen molar-refractivity contribution in [1.82, 2.24) is 4.90 Å². The number of alkyl halides is 3. The van der Waals surface area contributed by atoms with E-state index in [1.807, 2.05) is 11.8 Å². The molecular formula is C15H19F3N2O2. The Morgan fingerprint density at radius 3 is 2.64 bits per heavy atom. The van der Waals surface area contributed by atoms with E-state index in [4.69, 9.17) is 10.5 Å². The van der Waals surface area contributed by atoms with E-state index in [1.165, 1.54) is 18.2 Å². The summed E-state index contributed by atoms with van der Waals surface area (Å²) in [7, 11) is 0. The van der Waals surface area contributed by atoms with Gasteiger partial charge < -0.3 is 10.5 Å². The summed E-state index contributed by atoms with van der Waals surface area (Å²) in [5.74, 6) is -0.561. The molecule has 1 heterocycles. The van der Waals surface area contributed by atoms with Crippen molar-refractivity contribution in [2.45, 2.75) is 13.1 Å². The van der Waals surface area contributed by atoms with E-state index in [1.54, 1.807) is 0 Å². The molecule has 0 aromatic heterocycles. The largest absolute Gasteiger partial charge is 0.492 e. The Bertz CT molecular complexity index is 534. The zero-order chi connectivity index (χ0) is 16.3. The van der Waals surface area contributed by atoms with Crippen LogP contribution in [-0.2, 0) is 11.0 Å². The molecule has 1 aliphatic rings. The number of primary amides is 1. The Kier molecular flexibility index (Phi) is 4.95. The molecule has 1 saturated heterocycles. The zero-order valence-corrected chi connectivity index (χ0v) is 12.3. The van der Waals surface area contributed by atoms with Crippen LogP contribution in [0.3, 0.4) is 0 Å². The van der Waals surface area contributed by atoms with Crippen LogP contribution in [0.5, 0.6) is 5.75 Å². The van der Waals surface area contributed by atoms with Gasteiger partial charge in [-0.05, 0) is 18.1 Å². The van der Waals surface area contributed by atoms with Crippen molar-refractivity contribution in [3.8, 4) is 5.75 Å². The average Bonchev–Trinajstić information content (AvgIpc) is 2.79. The number of hydrogen-bond donors (Lipinski definition) is 1. The Labute approximate surface area is 127 Å². The number of ether oxygens (including phenoxy) is 1. The van der Waals surface area contributed by atoms with E-state index in [0.29, 0.717) is 19.6 Å². The zero-order valence-electron chi connectivity index (χ0n) is 12.3. The number of hydrogen-bond acceptors (Lipinski definition) is 3. The Morgan fingerprint density at radius 2 is 2.05 bits per heavy atom. The minimum atomic E-state index is -4.43. The van der Waals surface area contributed by atoms with Gasteiger partial charge in [0.2, 0.25) is 5.91 Å². The summed E-state index contributed by atoms with van der Waals surface area (Å²) < 4.78 is 43.8. The number of amides is 1. The molecule has 4 nitrogen and oxygen atoms in total. The first-order chi connectivity index (χ1) is 10.3. The van der Waals surface area contributed by atoms with Gasteiger partial charge >= 0.3 is 6.18 Å². The van der Waals surface area contributed by atoms with Crippen LogP contribution in [0, 0.1) is 11.8 Å². The maximum absolute atomic E-state index is 12.8. The summed E-state index contributed by atoms with van der Waals surface area (Å²) in [4.78, 5) is 13.2. The minimum absolute atomic E-state index is 0.130. The molecule has 0 saturated carbocycles.